The Bertz CT molecular complexity index is 845. The zero-order valence-electron chi connectivity index (χ0n) is 15.3. The van der Waals surface area contributed by atoms with Gasteiger partial charge in [-0.05, 0) is 55.9 Å². The Kier molecular flexibility index (Phi) is 6.16. The van der Waals surface area contributed by atoms with E-state index in [9.17, 15) is 18.0 Å². The first-order valence-electron chi connectivity index (χ1n) is 9.21. The van der Waals surface area contributed by atoms with E-state index in [0.717, 1.165) is 0 Å². The first-order chi connectivity index (χ1) is 13.2. The Labute approximate surface area is 168 Å². The molecule has 3 rings (SSSR count). The van der Waals surface area contributed by atoms with Crippen molar-refractivity contribution in [2.24, 2.45) is 11.7 Å². The van der Waals surface area contributed by atoms with Crippen LogP contribution in [0.5, 0.6) is 0 Å². The van der Waals surface area contributed by atoms with Crippen LogP contribution < -0.4 is 11.1 Å². The lowest BCUT2D eigenvalue weighted by Gasteiger charge is -2.40. The van der Waals surface area contributed by atoms with Gasteiger partial charge in [0.05, 0.1) is 10.6 Å². The number of halogens is 1. The molecule has 1 aliphatic carbocycles. The number of carboxylic acid groups (broad SMARTS) is 1. The van der Waals surface area contributed by atoms with Gasteiger partial charge in [-0.3, -0.25) is 4.79 Å². The van der Waals surface area contributed by atoms with Crippen LogP contribution in [0.2, 0.25) is 5.02 Å². The van der Waals surface area contributed by atoms with Crippen molar-refractivity contribution in [2.75, 3.05) is 12.3 Å². The highest BCUT2D eigenvalue weighted by molar-refractivity contribution is 7.91. The SMILES string of the molecule is N[C@@H]1CC[C@H](N2CC[C@H](NC(=O)O)C2=O)[C@@H](CS(=O)(=O)c2ccc(Cl)cc2)C1. The molecule has 1 heterocycles. The van der Waals surface area contributed by atoms with Crippen LogP contribution in [-0.2, 0) is 14.6 Å². The summed E-state index contributed by atoms with van der Waals surface area (Å²) in [5.74, 6) is -0.720. The summed E-state index contributed by atoms with van der Waals surface area (Å²) >= 11 is 5.84. The van der Waals surface area contributed by atoms with E-state index < -0.39 is 22.0 Å². The molecule has 4 N–H and O–H groups in total. The molecule has 1 saturated carbocycles. The molecule has 0 spiro atoms. The number of carbonyl (C=O) groups excluding carboxylic acids is 1. The molecule has 8 nitrogen and oxygen atoms in total. The molecule has 2 aliphatic rings. The minimum Gasteiger partial charge on any atom is -0.465 e. The van der Waals surface area contributed by atoms with Crippen molar-refractivity contribution >= 4 is 33.4 Å². The second-order valence-electron chi connectivity index (χ2n) is 7.46. The summed E-state index contributed by atoms with van der Waals surface area (Å²) in [7, 11) is -3.57. The fourth-order valence-corrected chi connectivity index (χ4v) is 6.00. The first-order valence-corrected chi connectivity index (χ1v) is 11.2. The van der Waals surface area contributed by atoms with Crippen molar-refractivity contribution in [1.82, 2.24) is 10.2 Å². The van der Waals surface area contributed by atoms with E-state index in [0.29, 0.717) is 37.3 Å². The molecule has 4 atom stereocenters. The molecule has 0 aromatic heterocycles. The van der Waals surface area contributed by atoms with E-state index in [1.165, 1.54) is 24.3 Å². The Hall–Kier alpha value is -1.84. The number of sulfone groups is 1. The van der Waals surface area contributed by atoms with E-state index in [1.54, 1.807) is 4.90 Å². The van der Waals surface area contributed by atoms with Gasteiger partial charge in [0, 0.05) is 23.7 Å². The van der Waals surface area contributed by atoms with Crippen LogP contribution in [0.3, 0.4) is 0 Å². The average Bonchev–Trinajstić information content (AvgIpc) is 2.95. The van der Waals surface area contributed by atoms with Gasteiger partial charge in [0.2, 0.25) is 5.91 Å². The fraction of sp³-hybridized carbons (Fsp3) is 0.556. The molecule has 1 aromatic carbocycles. The number of hydrogen-bond acceptors (Lipinski definition) is 5. The Morgan fingerprint density at radius 3 is 2.57 bits per heavy atom. The van der Waals surface area contributed by atoms with E-state index in [4.69, 9.17) is 22.4 Å². The van der Waals surface area contributed by atoms with Crippen LogP contribution >= 0.6 is 11.6 Å². The topological polar surface area (TPSA) is 130 Å². The molecule has 2 amide bonds. The quantitative estimate of drug-likeness (QED) is 0.649. The summed E-state index contributed by atoms with van der Waals surface area (Å²) in [5.41, 5.74) is 6.09. The molecule has 0 bridgehead atoms. The third-order valence-corrected chi connectivity index (χ3v) is 7.64. The molecule has 154 valence electrons. The number of nitrogens with two attached hydrogens (primary N) is 1. The van der Waals surface area contributed by atoms with E-state index in [2.05, 4.69) is 5.32 Å². The summed E-state index contributed by atoms with van der Waals surface area (Å²) in [4.78, 5) is 25.3. The maximum absolute atomic E-state index is 12.9. The second-order valence-corrected chi connectivity index (χ2v) is 9.93. The number of nitrogens with zero attached hydrogens (tertiary/aromatic N) is 1. The highest BCUT2D eigenvalue weighted by Crippen LogP contribution is 2.33. The zero-order valence-corrected chi connectivity index (χ0v) is 16.8. The molecular formula is C18H24ClN3O5S. The highest BCUT2D eigenvalue weighted by Gasteiger charge is 2.43. The lowest BCUT2D eigenvalue weighted by atomic mass is 9.82. The Morgan fingerprint density at radius 1 is 1.25 bits per heavy atom. The monoisotopic (exact) mass is 429 g/mol. The van der Waals surface area contributed by atoms with E-state index in [1.807, 2.05) is 0 Å². The lowest BCUT2D eigenvalue weighted by Crippen LogP contribution is -2.51. The fourth-order valence-electron chi connectivity index (χ4n) is 4.21. The number of likely N-dealkylation sites (tertiary alicyclic amines) is 1. The molecule has 1 aliphatic heterocycles. The number of benzene rings is 1. The largest absolute Gasteiger partial charge is 0.465 e. The van der Waals surface area contributed by atoms with Gasteiger partial charge in [0.25, 0.3) is 0 Å². The number of amides is 2. The summed E-state index contributed by atoms with van der Waals surface area (Å²) < 4.78 is 25.8. The summed E-state index contributed by atoms with van der Waals surface area (Å²) in [6, 6.07) is 4.85. The van der Waals surface area contributed by atoms with Gasteiger partial charge < -0.3 is 21.1 Å². The van der Waals surface area contributed by atoms with Crippen molar-refractivity contribution in [2.45, 2.75) is 48.7 Å². The molecule has 0 radical (unpaired) electrons. The van der Waals surface area contributed by atoms with Crippen LogP contribution in [0.15, 0.2) is 29.2 Å². The third-order valence-electron chi connectivity index (χ3n) is 5.53. The smallest absolute Gasteiger partial charge is 0.405 e. The van der Waals surface area contributed by atoms with Crippen molar-refractivity contribution in [3.8, 4) is 0 Å². The lowest BCUT2D eigenvalue weighted by molar-refractivity contribution is -0.132. The molecule has 0 unspecified atom stereocenters. The van der Waals surface area contributed by atoms with Gasteiger partial charge in [-0.15, -0.1) is 0 Å². The van der Waals surface area contributed by atoms with Crippen LogP contribution in [-0.4, -0.2) is 60.8 Å². The summed E-state index contributed by atoms with van der Waals surface area (Å²) in [6.45, 7) is 0.404. The van der Waals surface area contributed by atoms with Gasteiger partial charge in [0.1, 0.15) is 6.04 Å². The number of carbonyl (C=O) groups is 2. The van der Waals surface area contributed by atoms with Gasteiger partial charge in [-0.2, -0.15) is 0 Å². The van der Waals surface area contributed by atoms with E-state index in [-0.39, 0.29) is 34.6 Å². The molecule has 1 aromatic rings. The normalized spacial score (nSPS) is 28.4. The zero-order chi connectivity index (χ0) is 20.5. The van der Waals surface area contributed by atoms with Crippen molar-refractivity contribution < 1.29 is 23.1 Å². The molecule has 1 saturated heterocycles. The minimum atomic E-state index is -3.57. The van der Waals surface area contributed by atoms with Crippen LogP contribution in [0.25, 0.3) is 0 Å². The maximum Gasteiger partial charge on any atom is 0.405 e. The second kappa shape index (κ2) is 8.26. The van der Waals surface area contributed by atoms with Gasteiger partial charge in [-0.25, -0.2) is 13.2 Å². The molecule has 2 fully saturated rings. The predicted molar refractivity (Wildman–Crippen MR) is 104 cm³/mol. The van der Waals surface area contributed by atoms with Crippen molar-refractivity contribution in [3.05, 3.63) is 29.3 Å². The van der Waals surface area contributed by atoms with Gasteiger partial charge >= 0.3 is 6.09 Å². The first kappa shape index (κ1) is 20.9. The number of rotatable bonds is 5. The Balaban J connectivity index is 1.78. The Morgan fingerprint density at radius 2 is 1.93 bits per heavy atom. The maximum atomic E-state index is 12.9. The summed E-state index contributed by atoms with van der Waals surface area (Å²) in [5, 5.41) is 11.6. The minimum absolute atomic E-state index is 0.117. The van der Waals surface area contributed by atoms with Crippen LogP contribution in [0, 0.1) is 5.92 Å². The third kappa shape index (κ3) is 4.59. The van der Waals surface area contributed by atoms with Crippen molar-refractivity contribution in [1.29, 1.82) is 0 Å². The van der Waals surface area contributed by atoms with Gasteiger partial charge in [0.15, 0.2) is 9.84 Å². The molecular weight excluding hydrogens is 406 g/mol. The predicted octanol–water partition coefficient (Wildman–Crippen LogP) is 1.48. The molecule has 28 heavy (non-hydrogen) atoms. The van der Waals surface area contributed by atoms with Gasteiger partial charge in [-0.1, -0.05) is 11.6 Å². The van der Waals surface area contributed by atoms with Crippen molar-refractivity contribution in [3.63, 3.8) is 0 Å². The number of nitrogens with one attached hydrogen (secondary N) is 1. The van der Waals surface area contributed by atoms with Crippen LogP contribution in [0.4, 0.5) is 4.79 Å². The summed E-state index contributed by atoms with van der Waals surface area (Å²) in [6.07, 6.45) is 0.937. The molecule has 10 heteroatoms. The van der Waals surface area contributed by atoms with Crippen LogP contribution in [0.1, 0.15) is 25.7 Å². The standard InChI is InChI=1S/C18H24ClN3O5S/c19-12-1-4-14(5-2-12)28(26,27)10-11-9-13(20)3-6-16(11)22-8-7-15(17(22)23)21-18(24)25/h1-2,4-5,11,13,15-16,21H,3,6-10,20H2,(H,24,25)/t11-,13-,15+,16+/m1/s1. The van der Waals surface area contributed by atoms with E-state index >= 15 is 0 Å². The number of hydrogen-bond donors (Lipinski definition) is 3. The average molecular weight is 430 g/mol. The highest BCUT2D eigenvalue weighted by atomic mass is 35.5.